The van der Waals surface area contributed by atoms with Crippen LogP contribution in [0.3, 0.4) is 0 Å². The van der Waals surface area contributed by atoms with Crippen LogP contribution in [0.1, 0.15) is 31.5 Å². The third-order valence-electron chi connectivity index (χ3n) is 4.03. The van der Waals surface area contributed by atoms with Crippen LogP contribution in [0.4, 0.5) is 0 Å². The van der Waals surface area contributed by atoms with Gasteiger partial charge in [0.2, 0.25) is 0 Å². The number of aryl methyl sites for hydroxylation is 1. The predicted octanol–water partition coefficient (Wildman–Crippen LogP) is 5.27. The minimum Gasteiger partial charge on any atom is -0.344 e. The highest BCUT2D eigenvalue weighted by molar-refractivity contribution is 6.31. The molecule has 0 aliphatic heterocycles. The van der Waals surface area contributed by atoms with Gasteiger partial charge >= 0.3 is 0 Å². The molecule has 1 aromatic carbocycles. The van der Waals surface area contributed by atoms with Crippen molar-refractivity contribution >= 4 is 28.7 Å². The van der Waals surface area contributed by atoms with Crippen molar-refractivity contribution in [3.8, 4) is 11.3 Å². The second-order valence-corrected chi connectivity index (χ2v) is 5.75. The topological polar surface area (TPSA) is 30.7 Å². The van der Waals surface area contributed by atoms with Gasteiger partial charge in [-0.05, 0) is 42.7 Å². The Hall–Kier alpha value is -2.13. The van der Waals surface area contributed by atoms with E-state index in [1.54, 1.807) is 12.4 Å². The van der Waals surface area contributed by atoms with Gasteiger partial charge in [0.15, 0.2) is 0 Å². The number of hydrogen-bond acceptors (Lipinski definition) is 2. The minimum absolute atomic E-state index is 0.688. The first-order valence-electron chi connectivity index (χ1n) is 8.00. The molecule has 0 spiro atoms. The summed E-state index contributed by atoms with van der Waals surface area (Å²) in [6.45, 7) is 4.00. The SMILES string of the molecule is CC.Cn1c(-c2cc(Cl)cc3nccnc23)cc2c1C=CCC2. The Morgan fingerprint density at radius 1 is 1.09 bits per heavy atom. The Balaban J connectivity index is 0.000000753. The van der Waals surface area contributed by atoms with Crippen molar-refractivity contribution in [3.63, 3.8) is 0 Å². The molecule has 0 N–H and O–H groups in total. The Labute approximate surface area is 141 Å². The largest absolute Gasteiger partial charge is 0.344 e. The van der Waals surface area contributed by atoms with Crippen LogP contribution in [0, 0.1) is 0 Å². The molecule has 1 aliphatic carbocycles. The lowest BCUT2D eigenvalue weighted by Gasteiger charge is -2.10. The van der Waals surface area contributed by atoms with E-state index < -0.39 is 0 Å². The highest BCUT2D eigenvalue weighted by Gasteiger charge is 2.17. The lowest BCUT2D eigenvalue weighted by molar-refractivity contribution is 0.891. The summed E-state index contributed by atoms with van der Waals surface area (Å²) in [6, 6.07) is 6.08. The van der Waals surface area contributed by atoms with Gasteiger partial charge in [-0.2, -0.15) is 0 Å². The van der Waals surface area contributed by atoms with Crippen LogP contribution >= 0.6 is 11.6 Å². The monoisotopic (exact) mass is 325 g/mol. The van der Waals surface area contributed by atoms with Crippen molar-refractivity contribution in [2.45, 2.75) is 26.7 Å². The van der Waals surface area contributed by atoms with E-state index in [2.05, 4.69) is 39.8 Å². The Kier molecular flexibility index (Phi) is 4.49. The highest BCUT2D eigenvalue weighted by Crippen LogP contribution is 2.34. The van der Waals surface area contributed by atoms with Gasteiger partial charge in [-0.25, -0.2) is 0 Å². The van der Waals surface area contributed by atoms with Gasteiger partial charge < -0.3 is 4.57 Å². The third-order valence-corrected chi connectivity index (χ3v) is 4.25. The average Bonchev–Trinajstić information content (AvgIpc) is 2.93. The molecule has 2 heterocycles. The molecule has 3 nitrogen and oxygen atoms in total. The van der Waals surface area contributed by atoms with Gasteiger partial charge in [0, 0.05) is 35.7 Å². The molecule has 1 aliphatic rings. The molecule has 0 amide bonds. The van der Waals surface area contributed by atoms with E-state index in [1.165, 1.54) is 11.3 Å². The van der Waals surface area contributed by atoms with E-state index in [0.29, 0.717) is 5.02 Å². The second kappa shape index (κ2) is 6.55. The number of aromatic nitrogens is 3. The van der Waals surface area contributed by atoms with E-state index >= 15 is 0 Å². The standard InChI is InChI=1S/C17H14ClN3.C2H6/c1-21-15-5-3-2-4-11(15)8-16(21)13-9-12(18)10-14-17(13)20-7-6-19-14;1-2/h3,5-10H,2,4H2,1H3;1-2H3. The zero-order valence-corrected chi connectivity index (χ0v) is 14.4. The van der Waals surface area contributed by atoms with Crippen molar-refractivity contribution < 1.29 is 0 Å². The third kappa shape index (κ3) is 2.77. The number of benzene rings is 1. The first-order valence-corrected chi connectivity index (χ1v) is 8.37. The fourth-order valence-corrected chi connectivity index (χ4v) is 3.24. The Morgan fingerprint density at radius 2 is 1.87 bits per heavy atom. The van der Waals surface area contributed by atoms with Crippen LogP contribution in [0.2, 0.25) is 5.02 Å². The van der Waals surface area contributed by atoms with Crippen molar-refractivity contribution in [1.82, 2.24) is 14.5 Å². The van der Waals surface area contributed by atoms with Gasteiger partial charge in [0.05, 0.1) is 16.7 Å². The fourth-order valence-electron chi connectivity index (χ4n) is 3.03. The summed E-state index contributed by atoms with van der Waals surface area (Å²) >= 11 is 6.26. The summed E-state index contributed by atoms with van der Waals surface area (Å²) in [4.78, 5) is 8.86. The predicted molar refractivity (Wildman–Crippen MR) is 97.7 cm³/mol. The molecule has 0 fully saturated rings. The van der Waals surface area contributed by atoms with Gasteiger partial charge in [0.25, 0.3) is 0 Å². The molecule has 0 atom stereocenters. The van der Waals surface area contributed by atoms with Gasteiger partial charge in [0.1, 0.15) is 0 Å². The van der Waals surface area contributed by atoms with Gasteiger partial charge in [-0.1, -0.05) is 31.5 Å². The number of rotatable bonds is 1. The molecule has 0 unspecified atom stereocenters. The average molecular weight is 326 g/mol. The van der Waals surface area contributed by atoms with Crippen LogP contribution in [0.15, 0.2) is 36.7 Å². The van der Waals surface area contributed by atoms with Crippen molar-refractivity contribution in [2.24, 2.45) is 7.05 Å². The maximum absolute atomic E-state index is 6.26. The molecule has 2 aromatic heterocycles. The van der Waals surface area contributed by atoms with E-state index in [1.807, 2.05) is 26.0 Å². The van der Waals surface area contributed by atoms with Crippen molar-refractivity contribution in [2.75, 3.05) is 0 Å². The molecule has 0 saturated heterocycles. The Morgan fingerprint density at radius 3 is 2.65 bits per heavy atom. The normalized spacial score (nSPS) is 12.7. The number of nitrogens with zero attached hydrogens (tertiary/aromatic N) is 3. The van der Waals surface area contributed by atoms with Crippen LogP contribution < -0.4 is 0 Å². The molecule has 4 heteroatoms. The number of hydrogen-bond donors (Lipinski definition) is 0. The lowest BCUT2D eigenvalue weighted by atomic mass is 10.0. The molecule has 3 aromatic rings. The summed E-state index contributed by atoms with van der Waals surface area (Å²) in [5, 5.41) is 0.688. The molecular weight excluding hydrogens is 306 g/mol. The van der Waals surface area contributed by atoms with Crippen LogP contribution in [-0.2, 0) is 13.5 Å². The van der Waals surface area contributed by atoms with E-state index in [0.717, 1.165) is 35.1 Å². The van der Waals surface area contributed by atoms with E-state index in [9.17, 15) is 0 Å². The molecule has 23 heavy (non-hydrogen) atoms. The number of fused-ring (bicyclic) bond motifs is 2. The van der Waals surface area contributed by atoms with Crippen LogP contribution in [0.5, 0.6) is 0 Å². The molecule has 0 bridgehead atoms. The summed E-state index contributed by atoms with van der Waals surface area (Å²) in [6.07, 6.45) is 10.0. The van der Waals surface area contributed by atoms with Crippen molar-refractivity contribution in [3.05, 3.63) is 52.9 Å². The zero-order valence-electron chi connectivity index (χ0n) is 13.7. The molecule has 0 saturated carbocycles. The van der Waals surface area contributed by atoms with Crippen LogP contribution in [0.25, 0.3) is 28.4 Å². The quantitative estimate of drug-likeness (QED) is 0.610. The summed E-state index contributed by atoms with van der Waals surface area (Å²) in [5.74, 6) is 0. The summed E-state index contributed by atoms with van der Waals surface area (Å²) < 4.78 is 2.21. The Bertz CT molecular complexity index is 878. The smallest absolute Gasteiger partial charge is 0.0981 e. The summed E-state index contributed by atoms with van der Waals surface area (Å²) in [7, 11) is 2.09. The van der Waals surface area contributed by atoms with Gasteiger partial charge in [-0.15, -0.1) is 0 Å². The summed E-state index contributed by atoms with van der Waals surface area (Å²) in [5.41, 5.74) is 6.55. The van der Waals surface area contributed by atoms with E-state index in [-0.39, 0.29) is 0 Å². The molecular formula is C19H20ClN3. The lowest BCUT2D eigenvalue weighted by Crippen LogP contribution is -1.98. The second-order valence-electron chi connectivity index (χ2n) is 5.32. The highest BCUT2D eigenvalue weighted by atomic mass is 35.5. The van der Waals surface area contributed by atoms with E-state index in [4.69, 9.17) is 11.6 Å². The zero-order chi connectivity index (χ0) is 16.4. The van der Waals surface area contributed by atoms with Crippen LogP contribution in [-0.4, -0.2) is 14.5 Å². The van der Waals surface area contributed by atoms with Crippen molar-refractivity contribution in [1.29, 1.82) is 0 Å². The maximum Gasteiger partial charge on any atom is 0.0981 e. The number of allylic oxidation sites excluding steroid dienone is 1. The minimum atomic E-state index is 0.688. The molecule has 0 radical (unpaired) electrons. The molecule has 4 rings (SSSR count). The first kappa shape index (κ1) is 15.8. The maximum atomic E-state index is 6.26. The van der Waals surface area contributed by atoms with Gasteiger partial charge in [-0.3, -0.25) is 9.97 Å². The first-order chi connectivity index (χ1) is 11.2. The number of halogens is 1. The molecule has 118 valence electrons. The fraction of sp³-hybridized carbons (Fsp3) is 0.263.